The number of benzene rings is 1. The number of hydrogen-bond donors (Lipinski definition) is 1. The maximum Gasteiger partial charge on any atom is 0.408 e. The summed E-state index contributed by atoms with van der Waals surface area (Å²) in [5.41, 5.74) is -1.69. The molecular weight excluding hydrogens is 322 g/mol. The first-order valence-electron chi connectivity index (χ1n) is 6.96. The third kappa shape index (κ3) is 4.51. The zero-order chi connectivity index (χ0) is 17.8. The number of carbonyl (C=O) groups excluding carboxylic acids is 2. The number of rotatable bonds is 5. The molecule has 0 fully saturated rings. The lowest BCUT2D eigenvalue weighted by Gasteiger charge is -2.29. The van der Waals surface area contributed by atoms with Gasteiger partial charge in [0.2, 0.25) is 0 Å². The van der Waals surface area contributed by atoms with E-state index in [4.69, 9.17) is 25.8 Å². The molecule has 1 rings (SSSR count). The molecule has 0 saturated carbocycles. The molecule has 1 amide bonds. The molecule has 1 aromatic carbocycles. The Morgan fingerprint density at radius 1 is 1.17 bits per heavy atom. The number of halogens is 1. The predicted molar refractivity (Wildman–Crippen MR) is 87.3 cm³/mol. The molecule has 1 N–H and O–H groups in total. The van der Waals surface area contributed by atoms with E-state index >= 15 is 0 Å². The summed E-state index contributed by atoms with van der Waals surface area (Å²) in [6, 6.07) is 3.20. The van der Waals surface area contributed by atoms with Crippen LogP contribution >= 0.6 is 11.6 Å². The Morgan fingerprint density at radius 2 is 1.78 bits per heavy atom. The highest BCUT2D eigenvalue weighted by molar-refractivity contribution is 6.33. The number of alkyl carbamates (subject to hydrolysis) is 1. The number of methoxy groups -OCH3 is 2. The SMILES string of the molecule is COc1ccc(C(C)(C=O)NC(=O)OC(C)(C)C)c(Cl)c1OC. The third-order valence-corrected chi connectivity index (χ3v) is 3.42. The fourth-order valence-corrected chi connectivity index (χ4v) is 2.40. The topological polar surface area (TPSA) is 73.9 Å². The van der Waals surface area contributed by atoms with Gasteiger partial charge in [-0.1, -0.05) is 17.7 Å². The molecule has 0 spiro atoms. The highest BCUT2D eigenvalue weighted by Gasteiger charge is 2.34. The van der Waals surface area contributed by atoms with Crippen LogP contribution < -0.4 is 14.8 Å². The molecule has 7 heteroatoms. The first-order chi connectivity index (χ1) is 10.6. The molecule has 0 aliphatic rings. The van der Waals surface area contributed by atoms with Gasteiger partial charge in [-0.15, -0.1) is 0 Å². The van der Waals surface area contributed by atoms with Gasteiger partial charge < -0.3 is 24.3 Å². The maximum atomic E-state index is 12.0. The number of nitrogens with one attached hydrogen (secondary N) is 1. The van der Waals surface area contributed by atoms with Crippen LogP contribution in [0.3, 0.4) is 0 Å². The minimum Gasteiger partial charge on any atom is -0.493 e. The van der Waals surface area contributed by atoms with Crippen molar-refractivity contribution in [1.82, 2.24) is 5.32 Å². The van der Waals surface area contributed by atoms with Crippen molar-refractivity contribution in [2.45, 2.75) is 38.8 Å². The number of aldehydes is 1. The van der Waals surface area contributed by atoms with Crippen molar-refractivity contribution in [3.05, 3.63) is 22.7 Å². The lowest BCUT2D eigenvalue weighted by molar-refractivity contribution is -0.113. The summed E-state index contributed by atoms with van der Waals surface area (Å²) in [5.74, 6) is 0.706. The second-order valence-electron chi connectivity index (χ2n) is 6.11. The standard InChI is InChI=1S/C16H22ClNO5/c1-15(2,3)23-14(20)18-16(4,9-19)10-7-8-11(21-5)13(22-6)12(10)17/h7-9H,1-6H3,(H,18,20). The minimum atomic E-state index is -1.38. The van der Waals surface area contributed by atoms with Gasteiger partial charge in [-0.05, 0) is 33.8 Å². The number of hydrogen-bond acceptors (Lipinski definition) is 5. The van der Waals surface area contributed by atoms with Gasteiger partial charge >= 0.3 is 6.09 Å². The second-order valence-corrected chi connectivity index (χ2v) is 6.49. The van der Waals surface area contributed by atoms with E-state index in [-0.39, 0.29) is 10.8 Å². The Morgan fingerprint density at radius 3 is 2.22 bits per heavy atom. The molecule has 1 aromatic rings. The van der Waals surface area contributed by atoms with E-state index in [0.29, 0.717) is 17.6 Å². The van der Waals surface area contributed by atoms with Crippen LogP contribution in [0.2, 0.25) is 5.02 Å². The maximum absolute atomic E-state index is 12.0. The van der Waals surface area contributed by atoms with Crippen molar-refractivity contribution in [3.63, 3.8) is 0 Å². The average Bonchev–Trinajstić information content (AvgIpc) is 2.44. The van der Waals surface area contributed by atoms with Crippen LogP contribution in [0.25, 0.3) is 0 Å². The molecule has 1 unspecified atom stereocenters. The van der Waals surface area contributed by atoms with Gasteiger partial charge in [0.05, 0.1) is 19.2 Å². The average molecular weight is 344 g/mol. The Bertz CT molecular complexity index is 597. The summed E-state index contributed by atoms with van der Waals surface area (Å²) in [6.07, 6.45) is -0.137. The van der Waals surface area contributed by atoms with Gasteiger partial charge in [-0.2, -0.15) is 0 Å². The van der Waals surface area contributed by atoms with Gasteiger partial charge in [0.25, 0.3) is 0 Å². The fraction of sp³-hybridized carbons (Fsp3) is 0.500. The highest BCUT2D eigenvalue weighted by atomic mass is 35.5. The van der Waals surface area contributed by atoms with Crippen LogP contribution in [0.5, 0.6) is 11.5 Å². The monoisotopic (exact) mass is 343 g/mol. The molecule has 1 atom stereocenters. The van der Waals surface area contributed by atoms with Gasteiger partial charge in [0.1, 0.15) is 17.4 Å². The van der Waals surface area contributed by atoms with Gasteiger partial charge in [0, 0.05) is 5.56 Å². The molecule has 0 aromatic heterocycles. The van der Waals surface area contributed by atoms with Crippen LogP contribution in [0.15, 0.2) is 12.1 Å². The summed E-state index contributed by atoms with van der Waals surface area (Å²) >= 11 is 6.32. The summed E-state index contributed by atoms with van der Waals surface area (Å²) in [7, 11) is 2.92. The normalized spacial score (nSPS) is 13.7. The molecule has 0 saturated heterocycles. The molecule has 0 radical (unpaired) electrons. The number of amides is 1. The van der Waals surface area contributed by atoms with E-state index in [1.54, 1.807) is 32.9 Å². The molecule has 0 aliphatic carbocycles. The summed E-state index contributed by atoms with van der Waals surface area (Å²) in [5, 5.41) is 2.71. The van der Waals surface area contributed by atoms with Crippen molar-refractivity contribution in [1.29, 1.82) is 0 Å². The van der Waals surface area contributed by atoms with Gasteiger partial charge in [0.15, 0.2) is 11.5 Å². The highest BCUT2D eigenvalue weighted by Crippen LogP contribution is 2.40. The first kappa shape index (κ1) is 19.1. The summed E-state index contributed by atoms with van der Waals surface area (Å²) in [4.78, 5) is 23.6. The Hall–Kier alpha value is -1.95. The first-order valence-corrected chi connectivity index (χ1v) is 7.34. The van der Waals surface area contributed by atoms with E-state index in [2.05, 4.69) is 5.32 Å². The van der Waals surface area contributed by atoms with Crippen LogP contribution in [0, 0.1) is 0 Å². The summed E-state index contributed by atoms with van der Waals surface area (Å²) < 4.78 is 15.6. The van der Waals surface area contributed by atoms with Crippen LogP contribution in [0.4, 0.5) is 4.79 Å². The lowest BCUT2D eigenvalue weighted by Crippen LogP contribution is -2.47. The number of carbonyl (C=O) groups is 2. The van der Waals surface area contributed by atoms with Crippen LogP contribution in [0.1, 0.15) is 33.3 Å². The van der Waals surface area contributed by atoms with Crippen molar-refractivity contribution in [3.8, 4) is 11.5 Å². The van der Waals surface area contributed by atoms with Gasteiger partial charge in [-0.25, -0.2) is 4.79 Å². The lowest BCUT2D eigenvalue weighted by atomic mass is 9.93. The van der Waals surface area contributed by atoms with Crippen molar-refractivity contribution < 1.29 is 23.8 Å². The molecule has 0 heterocycles. The predicted octanol–water partition coefficient (Wildman–Crippen LogP) is 3.30. The van der Waals surface area contributed by atoms with Gasteiger partial charge in [-0.3, -0.25) is 0 Å². The van der Waals surface area contributed by atoms with Crippen molar-refractivity contribution >= 4 is 24.0 Å². The zero-order valence-electron chi connectivity index (χ0n) is 14.2. The zero-order valence-corrected chi connectivity index (χ0v) is 14.9. The van der Waals surface area contributed by atoms with Crippen molar-refractivity contribution in [2.24, 2.45) is 0 Å². The fourth-order valence-electron chi connectivity index (χ4n) is 1.97. The Balaban J connectivity index is 3.23. The van der Waals surface area contributed by atoms with E-state index in [9.17, 15) is 9.59 Å². The van der Waals surface area contributed by atoms with E-state index < -0.39 is 17.2 Å². The molecule has 128 valence electrons. The molecule has 23 heavy (non-hydrogen) atoms. The largest absolute Gasteiger partial charge is 0.493 e. The van der Waals surface area contributed by atoms with Crippen LogP contribution in [-0.2, 0) is 15.1 Å². The van der Waals surface area contributed by atoms with Crippen LogP contribution in [-0.4, -0.2) is 32.2 Å². The molecule has 6 nitrogen and oxygen atoms in total. The Labute approximate surface area is 141 Å². The van der Waals surface area contributed by atoms with E-state index in [0.717, 1.165) is 0 Å². The third-order valence-electron chi connectivity index (χ3n) is 3.04. The summed E-state index contributed by atoms with van der Waals surface area (Å²) in [6.45, 7) is 6.72. The Kier molecular flexibility index (Phi) is 5.88. The molecule has 0 aliphatic heterocycles. The molecule has 0 bridgehead atoms. The van der Waals surface area contributed by atoms with Crippen molar-refractivity contribution in [2.75, 3.05) is 14.2 Å². The minimum absolute atomic E-state index is 0.178. The number of ether oxygens (including phenoxy) is 3. The smallest absolute Gasteiger partial charge is 0.408 e. The quantitative estimate of drug-likeness (QED) is 0.830. The second kappa shape index (κ2) is 7.08. The van der Waals surface area contributed by atoms with E-state index in [1.807, 2.05) is 0 Å². The van der Waals surface area contributed by atoms with E-state index in [1.165, 1.54) is 21.1 Å². The molecular formula is C16H22ClNO5.